The van der Waals surface area contributed by atoms with Gasteiger partial charge in [0.25, 0.3) is 0 Å². The largest absolute Gasteiger partial charge is 0.312 e. The van der Waals surface area contributed by atoms with E-state index in [9.17, 15) is 0 Å². The predicted octanol–water partition coefficient (Wildman–Crippen LogP) is 2.31. The molecule has 0 saturated carbocycles. The van der Waals surface area contributed by atoms with Crippen LogP contribution in [0.15, 0.2) is 12.4 Å². The van der Waals surface area contributed by atoms with Crippen molar-refractivity contribution in [3.63, 3.8) is 0 Å². The van der Waals surface area contributed by atoms with Crippen LogP contribution in [0.5, 0.6) is 0 Å². The van der Waals surface area contributed by atoms with Gasteiger partial charge in [0.05, 0.1) is 6.20 Å². The lowest BCUT2D eigenvalue weighted by Gasteiger charge is -2.08. The number of thioether (sulfide) groups is 1. The fraction of sp³-hybridized carbons (Fsp3) is 0.750. The number of hydrogen-bond acceptors (Lipinski definition) is 3. The fourth-order valence-electron chi connectivity index (χ4n) is 1.92. The van der Waals surface area contributed by atoms with Crippen molar-refractivity contribution in [1.29, 1.82) is 0 Å². The van der Waals surface area contributed by atoms with Crippen molar-refractivity contribution in [2.75, 3.05) is 18.1 Å². The lowest BCUT2D eigenvalue weighted by molar-refractivity contribution is 0.519. The molecule has 1 aliphatic heterocycles. The Hall–Kier alpha value is -0.480. The molecule has 1 N–H and O–H groups in total. The number of nitrogens with one attached hydrogen (secondary N) is 1. The van der Waals surface area contributed by atoms with E-state index >= 15 is 0 Å². The van der Waals surface area contributed by atoms with Crippen molar-refractivity contribution in [3.8, 4) is 0 Å². The smallest absolute Gasteiger partial charge is 0.0534 e. The van der Waals surface area contributed by atoms with Crippen molar-refractivity contribution >= 4 is 11.8 Å². The topological polar surface area (TPSA) is 29.9 Å². The van der Waals surface area contributed by atoms with E-state index in [2.05, 4.69) is 42.2 Å². The lowest BCUT2D eigenvalue weighted by atomic mass is 10.1. The standard InChI is InChI=1S/C12H21N3S/c1-10(2)15-8-12(7-14-15)6-13-5-11-3-4-16-9-11/h7-8,10-11,13H,3-6,9H2,1-2H3. The highest BCUT2D eigenvalue weighted by atomic mass is 32.2. The van der Waals surface area contributed by atoms with Crippen LogP contribution < -0.4 is 5.32 Å². The van der Waals surface area contributed by atoms with Crippen LogP contribution in [-0.2, 0) is 6.54 Å². The van der Waals surface area contributed by atoms with Gasteiger partial charge < -0.3 is 5.32 Å². The molecular formula is C12H21N3S. The van der Waals surface area contributed by atoms with Crippen LogP contribution in [0.4, 0.5) is 0 Å². The number of hydrogen-bond donors (Lipinski definition) is 1. The van der Waals surface area contributed by atoms with Crippen LogP contribution in [0.3, 0.4) is 0 Å². The third kappa shape index (κ3) is 3.25. The minimum atomic E-state index is 0.458. The van der Waals surface area contributed by atoms with Gasteiger partial charge in [-0.25, -0.2) is 0 Å². The summed E-state index contributed by atoms with van der Waals surface area (Å²) in [6.07, 6.45) is 5.49. The molecule has 1 unspecified atom stereocenters. The number of aromatic nitrogens is 2. The molecule has 3 nitrogen and oxygen atoms in total. The van der Waals surface area contributed by atoms with E-state index in [1.54, 1.807) is 0 Å². The van der Waals surface area contributed by atoms with Crippen LogP contribution >= 0.6 is 11.8 Å². The molecule has 0 bridgehead atoms. The first kappa shape index (κ1) is 12.0. The van der Waals surface area contributed by atoms with E-state index in [4.69, 9.17) is 0 Å². The van der Waals surface area contributed by atoms with Crippen LogP contribution in [0.1, 0.15) is 31.9 Å². The van der Waals surface area contributed by atoms with Crippen LogP contribution in [0, 0.1) is 5.92 Å². The summed E-state index contributed by atoms with van der Waals surface area (Å²) < 4.78 is 2.02. The zero-order valence-corrected chi connectivity index (χ0v) is 11.0. The number of nitrogens with zero attached hydrogens (tertiary/aromatic N) is 2. The van der Waals surface area contributed by atoms with Gasteiger partial charge >= 0.3 is 0 Å². The highest BCUT2D eigenvalue weighted by molar-refractivity contribution is 7.99. The molecule has 0 aromatic carbocycles. The molecular weight excluding hydrogens is 218 g/mol. The molecule has 0 aliphatic carbocycles. The summed E-state index contributed by atoms with van der Waals surface area (Å²) in [5, 5.41) is 7.87. The Morgan fingerprint density at radius 1 is 1.62 bits per heavy atom. The average Bonchev–Trinajstić information content (AvgIpc) is 2.87. The molecule has 90 valence electrons. The van der Waals surface area contributed by atoms with E-state index in [1.165, 1.54) is 23.5 Å². The zero-order valence-electron chi connectivity index (χ0n) is 10.1. The van der Waals surface area contributed by atoms with Crippen LogP contribution in [-0.4, -0.2) is 27.8 Å². The molecule has 1 saturated heterocycles. The molecule has 1 atom stereocenters. The first-order valence-electron chi connectivity index (χ1n) is 6.07. The summed E-state index contributed by atoms with van der Waals surface area (Å²) in [5.41, 5.74) is 1.29. The van der Waals surface area contributed by atoms with Crippen LogP contribution in [0.25, 0.3) is 0 Å². The van der Waals surface area contributed by atoms with Gasteiger partial charge in [-0.3, -0.25) is 4.68 Å². The van der Waals surface area contributed by atoms with Gasteiger partial charge in [-0.15, -0.1) is 0 Å². The van der Waals surface area contributed by atoms with Crippen molar-refractivity contribution in [3.05, 3.63) is 18.0 Å². The SMILES string of the molecule is CC(C)n1cc(CNCC2CCSC2)cn1. The van der Waals surface area contributed by atoms with Crippen molar-refractivity contribution in [1.82, 2.24) is 15.1 Å². The van der Waals surface area contributed by atoms with Gasteiger partial charge in [-0.2, -0.15) is 16.9 Å². The van der Waals surface area contributed by atoms with Crippen molar-refractivity contribution < 1.29 is 0 Å². The molecule has 1 fully saturated rings. The summed E-state index contributed by atoms with van der Waals surface area (Å²) >= 11 is 2.08. The Morgan fingerprint density at radius 2 is 2.50 bits per heavy atom. The Morgan fingerprint density at radius 3 is 3.12 bits per heavy atom. The predicted molar refractivity (Wildman–Crippen MR) is 69.8 cm³/mol. The molecule has 2 heterocycles. The molecule has 16 heavy (non-hydrogen) atoms. The number of rotatable bonds is 5. The molecule has 2 rings (SSSR count). The van der Waals surface area contributed by atoms with Crippen molar-refractivity contribution in [2.24, 2.45) is 5.92 Å². The van der Waals surface area contributed by atoms with Gasteiger partial charge in [-0.1, -0.05) is 0 Å². The quantitative estimate of drug-likeness (QED) is 0.855. The Balaban J connectivity index is 1.72. The lowest BCUT2D eigenvalue weighted by Crippen LogP contribution is -2.22. The Labute approximate surface area is 102 Å². The fourth-order valence-corrected chi connectivity index (χ4v) is 3.20. The zero-order chi connectivity index (χ0) is 11.4. The summed E-state index contributed by atoms with van der Waals surface area (Å²) in [6, 6.07) is 0.458. The normalized spacial score (nSPS) is 20.8. The third-order valence-electron chi connectivity index (χ3n) is 2.97. The van der Waals surface area contributed by atoms with Gasteiger partial charge in [0.2, 0.25) is 0 Å². The Kier molecular flexibility index (Phi) is 4.29. The highest BCUT2D eigenvalue weighted by Gasteiger charge is 2.14. The van der Waals surface area contributed by atoms with E-state index in [-0.39, 0.29) is 0 Å². The molecule has 1 aromatic heterocycles. The van der Waals surface area contributed by atoms with Crippen LogP contribution in [0.2, 0.25) is 0 Å². The van der Waals surface area contributed by atoms with E-state index in [0.29, 0.717) is 6.04 Å². The maximum absolute atomic E-state index is 4.34. The molecule has 1 aliphatic rings. The Bertz CT molecular complexity index is 316. The third-order valence-corrected chi connectivity index (χ3v) is 4.20. The maximum atomic E-state index is 4.34. The highest BCUT2D eigenvalue weighted by Crippen LogP contribution is 2.22. The first-order chi connectivity index (χ1) is 7.75. The minimum absolute atomic E-state index is 0.458. The maximum Gasteiger partial charge on any atom is 0.0534 e. The second kappa shape index (κ2) is 5.73. The summed E-state index contributed by atoms with van der Waals surface area (Å²) in [5.74, 6) is 3.56. The second-order valence-electron chi connectivity index (χ2n) is 4.78. The summed E-state index contributed by atoms with van der Waals surface area (Å²) in [7, 11) is 0. The molecule has 0 radical (unpaired) electrons. The van der Waals surface area contributed by atoms with E-state index in [1.807, 2.05) is 10.9 Å². The average molecular weight is 239 g/mol. The van der Waals surface area contributed by atoms with Crippen molar-refractivity contribution in [2.45, 2.75) is 32.9 Å². The molecule has 4 heteroatoms. The molecule has 1 aromatic rings. The van der Waals surface area contributed by atoms with E-state index in [0.717, 1.165) is 19.0 Å². The summed E-state index contributed by atoms with van der Waals surface area (Å²) in [4.78, 5) is 0. The van der Waals surface area contributed by atoms with Gasteiger partial charge in [-0.05, 0) is 44.2 Å². The monoisotopic (exact) mass is 239 g/mol. The second-order valence-corrected chi connectivity index (χ2v) is 5.93. The molecule has 0 amide bonds. The minimum Gasteiger partial charge on any atom is -0.312 e. The van der Waals surface area contributed by atoms with Gasteiger partial charge in [0.15, 0.2) is 0 Å². The van der Waals surface area contributed by atoms with E-state index < -0.39 is 0 Å². The van der Waals surface area contributed by atoms with Gasteiger partial charge in [0, 0.05) is 24.3 Å². The summed E-state index contributed by atoms with van der Waals surface area (Å²) in [6.45, 7) is 6.41. The first-order valence-corrected chi connectivity index (χ1v) is 7.22. The van der Waals surface area contributed by atoms with Gasteiger partial charge in [0.1, 0.15) is 0 Å². The molecule has 0 spiro atoms.